The van der Waals surface area contributed by atoms with E-state index in [9.17, 15) is 0 Å². The molecule has 0 fully saturated rings. The van der Waals surface area contributed by atoms with Gasteiger partial charge in [0.2, 0.25) is 6.23 Å². The van der Waals surface area contributed by atoms with Gasteiger partial charge < -0.3 is 9.47 Å². The Balaban J connectivity index is 1.90. The minimum Gasteiger partial charge on any atom is -0.497 e. The minimum atomic E-state index is -0.447. The first kappa shape index (κ1) is 13.4. The smallest absolute Gasteiger partial charge is 0.203 e. The molecule has 0 aliphatic carbocycles. The van der Waals surface area contributed by atoms with Crippen LogP contribution < -0.4 is 15.0 Å². The maximum atomic E-state index is 5.52. The molecule has 1 aliphatic rings. The van der Waals surface area contributed by atoms with Crippen LogP contribution in [-0.4, -0.2) is 25.0 Å². The molecular weight excluding hydrogens is 270 g/mol. The fourth-order valence-corrected chi connectivity index (χ4v) is 2.04. The van der Waals surface area contributed by atoms with Crippen molar-refractivity contribution in [3.63, 3.8) is 0 Å². The van der Waals surface area contributed by atoms with Crippen LogP contribution in [0.2, 0.25) is 0 Å². The number of benzene rings is 1. The standard InChI is InChI=1S/C15H15N3O3/c1-19-12-7-11(8-13(9-12)20-2)15-17-14(18-21-15)10-3-5-16-6-4-10/h3-9,15H,1-2H3,(H,17,18). The maximum absolute atomic E-state index is 5.52. The first-order chi connectivity index (χ1) is 10.3. The van der Waals surface area contributed by atoms with E-state index in [4.69, 9.17) is 14.3 Å². The lowest BCUT2D eigenvalue weighted by Crippen LogP contribution is -2.17. The van der Waals surface area contributed by atoms with Crippen molar-refractivity contribution < 1.29 is 14.3 Å². The van der Waals surface area contributed by atoms with Crippen LogP contribution in [0.1, 0.15) is 17.4 Å². The van der Waals surface area contributed by atoms with Crippen LogP contribution >= 0.6 is 0 Å². The Morgan fingerprint density at radius 1 is 1.05 bits per heavy atom. The Bertz CT molecular complexity index is 636. The number of hydrogen-bond donors (Lipinski definition) is 1. The van der Waals surface area contributed by atoms with E-state index >= 15 is 0 Å². The van der Waals surface area contributed by atoms with E-state index in [0.717, 1.165) is 11.1 Å². The number of methoxy groups -OCH3 is 2. The molecule has 6 heteroatoms. The number of nitrogens with zero attached hydrogens (tertiary/aromatic N) is 2. The molecule has 1 unspecified atom stereocenters. The molecule has 0 amide bonds. The highest BCUT2D eigenvalue weighted by Gasteiger charge is 2.22. The van der Waals surface area contributed by atoms with Crippen LogP contribution in [0, 0.1) is 0 Å². The molecule has 0 spiro atoms. The van der Waals surface area contributed by atoms with E-state index in [-0.39, 0.29) is 0 Å². The monoisotopic (exact) mass is 285 g/mol. The highest BCUT2D eigenvalue weighted by Crippen LogP contribution is 2.30. The summed E-state index contributed by atoms with van der Waals surface area (Å²) in [6.07, 6.45) is 2.97. The number of aliphatic imine (C=N–C) groups is 1. The van der Waals surface area contributed by atoms with Crippen molar-refractivity contribution in [2.45, 2.75) is 6.23 Å². The number of hydrogen-bond acceptors (Lipinski definition) is 6. The fraction of sp³-hybridized carbons (Fsp3) is 0.200. The molecule has 108 valence electrons. The lowest BCUT2D eigenvalue weighted by molar-refractivity contribution is 0.0374. The lowest BCUT2D eigenvalue weighted by Gasteiger charge is -2.10. The van der Waals surface area contributed by atoms with Crippen molar-refractivity contribution in [3.05, 3.63) is 53.9 Å². The molecule has 0 saturated carbocycles. The van der Waals surface area contributed by atoms with E-state index in [1.807, 2.05) is 24.3 Å². The zero-order chi connectivity index (χ0) is 14.7. The number of rotatable bonds is 4. The Morgan fingerprint density at radius 2 is 1.71 bits per heavy atom. The number of amidine groups is 1. The molecule has 0 saturated heterocycles. The normalized spacial score (nSPS) is 17.0. The van der Waals surface area contributed by atoms with Crippen LogP contribution in [0.3, 0.4) is 0 Å². The molecule has 21 heavy (non-hydrogen) atoms. The summed E-state index contributed by atoms with van der Waals surface area (Å²) in [6.45, 7) is 0. The fourth-order valence-electron chi connectivity index (χ4n) is 2.04. The Kier molecular flexibility index (Phi) is 3.70. The third-order valence-corrected chi connectivity index (χ3v) is 3.13. The van der Waals surface area contributed by atoms with Crippen molar-refractivity contribution in [1.29, 1.82) is 0 Å². The van der Waals surface area contributed by atoms with E-state index in [1.165, 1.54) is 0 Å². The van der Waals surface area contributed by atoms with Crippen LogP contribution in [0.15, 0.2) is 47.7 Å². The van der Waals surface area contributed by atoms with Gasteiger partial charge in [-0.3, -0.25) is 4.98 Å². The van der Waals surface area contributed by atoms with Crippen LogP contribution in [0.25, 0.3) is 0 Å². The molecule has 1 aliphatic heterocycles. The van der Waals surface area contributed by atoms with Gasteiger partial charge in [-0.1, -0.05) is 0 Å². The van der Waals surface area contributed by atoms with Gasteiger partial charge in [-0.2, -0.15) is 0 Å². The van der Waals surface area contributed by atoms with Crippen LogP contribution in [-0.2, 0) is 4.84 Å². The van der Waals surface area contributed by atoms with E-state index < -0.39 is 6.23 Å². The van der Waals surface area contributed by atoms with Gasteiger partial charge in [-0.15, -0.1) is 0 Å². The summed E-state index contributed by atoms with van der Waals surface area (Å²) in [4.78, 5) is 14.0. The SMILES string of the molecule is COc1cc(OC)cc(C2N=C(c3ccncc3)NO2)c1. The number of ether oxygens (including phenoxy) is 2. The lowest BCUT2D eigenvalue weighted by atomic mass is 10.1. The predicted molar refractivity (Wildman–Crippen MR) is 77.3 cm³/mol. The number of aromatic nitrogens is 1. The van der Waals surface area contributed by atoms with Gasteiger partial charge in [0.15, 0.2) is 5.84 Å². The third kappa shape index (κ3) is 2.80. The van der Waals surface area contributed by atoms with Crippen molar-refractivity contribution in [1.82, 2.24) is 10.5 Å². The summed E-state index contributed by atoms with van der Waals surface area (Å²) in [5.74, 6) is 2.06. The highest BCUT2D eigenvalue weighted by atomic mass is 16.7. The third-order valence-electron chi connectivity index (χ3n) is 3.13. The van der Waals surface area contributed by atoms with Gasteiger partial charge in [0.1, 0.15) is 11.5 Å². The van der Waals surface area contributed by atoms with Crippen LogP contribution in [0.5, 0.6) is 11.5 Å². The summed E-state index contributed by atoms with van der Waals surface area (Å²) < 4.78 is 10.5. The van der Waals surface area contributed by atoms with Gasteiger partial charge in [-0.25, -0.2) is 15.3 Å². The van der Waals surface area contributed by atoms with Gasteiger partial charge in [-0.05, 0) is 24.3 Å². The molecule has 2 aromatic rings. The van der Waals surface area contributed by atoms with E-state index in [2.05, 4.69) is 15.5 Å². The zero-order valence-corrected chi connectivity index (χ0v) is 11.7. The second-order valence-electron chi connectivity index (χ2n) is 4.43. The van der Waals surface area contributed by atoms with E-state index in [1.54, 1.807) is 32.7 Å². The van der Waals surface area contributed by atoms with Crippen molar-refractivity contribution >= 4 is 5.84 Å². The largest absolute Gasteiger partial charge is 0.497 e. The summed E-state index contributed by atoms with van der Waals surface area (Å²) in [7, 11) is 3.22. The molecule has 6 nitrogen and oxygen atoms in total. The molecule has 2 heterocycles. The first-order valence-corrected chi connectivity index (χ1v) is 6.43. The van der Waals surface area contributed by atoms with Gasteiger partial charge in [0.25, 0.3) is 0 Å². The second kappa shape index (κ2) is 5.80. The second-order valence-corrected chi connectivity index (χ2v) is 4.43. The summed E-state index contributed by atoms with van der Waals surface area (Å²) >= 11 is 0. The Hall–Kier alpha value is -2.60. The molecule has 3 rings (SSSR count). The van der Waals surface area contributed by atoms with Gasteiger partial charge in [0.05, 0.1) is 14.2 Å². The highest BCUT2D eigenvalue weighted by molar-refractivity contribution is 5.98. The van der Waals surface area contributed by atoms with Gasteiger partial charge in [0, 0.05) is 29.6 Å². The van der Waals surface area contributed by atoms with Crippen molar-refractivity contribution in [2.24, 2.45) is 4.99 Å². The topological polar surface area (TPSA) is 65.0 Å². The quantitative estimate of drug-likeness (QED) is 0.931. The number of pyridine rings is 1. The summed E-state index contributed by atoms with van der Waals surface area (Å²) in [5.41, 5.74) is 4.61. The average Bonchev–Trinajstić information content (AvgIpc) is 3.05. The van der Waals surface area contributed by atoms with E-state index in [0.29, 0.717) is 17.3 Å². The van der Waals surface area contributed by atoms with Crippen molar-refractivity contribution in [3.8, 4) is 11.5 Å². The van der Waals surface area contributed by atoms with Crippen molar-refractivity contribution in [2.75, 3.05) is 14.2 Å². The Morgan fingerprint density at radius 3 is 2.33 bits per heavy atom. The van der Waals surface area contributed by atoms with Crippen LogP contribution in [0.4, 0.5) is 0 Å². The molecule has 1 atom stereocenters. The number of nitrogens with one attached hydrogen (secondary N) is 1. The molecule has 0 radical (unpaired) electrons. The zero-order valence-electron chi connectivity index (χ0n) is 11.7. The molecule has 0 bridgehead atoms. The average molecular weight is 285 g/mol. The maximum Gasteiger partial charge on any atom is 0.203 e. The Labute approximate surface area is 122 Å². The number of hydroxylamine groups is 1. The minimum absolute atomic E-state index is 0.447. The molecular formula is C15H15N3O3. The molecule has 1 N–H and O–H groups in total. The molecule has 1 aromatic carbocycles. The predicted octanol–water partition coefficient (Wildman–Crippen LogP) is 2.08. The summed E-state index contributed by atoms with van der Waals surface area (Å²) in [6, 6.07) is 9.27. The first-order valence-electron chi connectivity index (χ1n) is 6.43. The van der Waals surface area contributed by atoms with Gasteiger partial charge >= 0.3 is 0 Å². The molecule has 1 aromatic heterocycles. The summed E-state index contributed by atoms with van der Waals surface area (Å²) in [5, 5.41) is 0.